The highest BCUT2D eigenvalue weighted by molar-refractivity contribution is 6.64. The van der Waals surface area contributed by atoms with Crippen molar-refractivity contribution in [2.24, 2.45) is 5.73 Å². The Kier molecular flexibility index (Phi) is 3.52. The molecule has 0 radical (unpaired) electrons. The van der Waals surface area contributed by atoms with E-state index >= 15 is 0 Å². The average molecular weight is 275 g/mol. The summed E-state index contributed by atoms with van der Waals surface area (Å²) in [7, 11) is -0.358. The van der Waals surface area contributed by atoms with Crippen molar-refractivity contribution in [3.05, 3.63) is 23.3 Å². The predicted molar refractivity (Wildman–Crippen MR) is 79.4 cm³/mol. The summed E-state index contributed by atoms with van der Waals surface area (Å²) in [5, 5.41) is 0. The van der Waals surface area contributed by atoms with Gasteiger partial charge in [0.1, 0.15) is 12.4 Å². The molecule has 4 nitrogen and oxygen atoms in total. The van der Waals surface area contributed by atoms with Gasteiger partial charge in [-0.15, -0.1) is 0 Å². The number of benzene rings is 1. The Morgan fingerprint density at radius 3 is 2.90 bits per heavy atom. The molecule has 2 aliphatic rings. The number of hydrogen-bond acceptors (Lipinski definition) is 4. The van der Waals surface area contributed by atoms with E-state index < -0.39 is 0 Å². The topological polar surface area (TPSA) is 53.7 Å². The van der Waals surface area contributed by atoms with Gasteiger partial charge in [0.15, 0.2) is 0 Å². The van der Waals surface area contributed by atoms with Crippen LogP contribution in [-0.2, 0) is 15.7 Å². The van der Waals surface area contributed by atoms with Gasteiger partial charge in [0.05, 0.1) is 11.7 Å². The van der Waals surface area contributed by atoms with Gasteiger partial charge < -0.3 is 19.8 Å². The second-order valence-electron chi connectivity index (χ2n) is 6.16. The van der Waals surface area contributed by atoms with E-state index in [-0.39, 0.29) is 18.8 Å². The molecule has 0 spiro atoms. The van der Waals surface area contributed by atoms with Crippen LogP contribution in [0.2, 0.25) is 0 Å². The highest BCUT2D eigenvalue weighted by atomic mass is 16.6. The standard InChI is InChI=1S/C15H22BNO3/c1-4-5-10-6-7-11-14-13(10)12(8-17)19-16(14)20-15(2,3)9-18-11/h6-7,12H,4-5,8-9,17H2,1-3H3/t12-/m1/s1. The van der Waals surface area contributed by atoms with E-state index in [0.29, 0.717) is 13.2 Å². The third-order valence-electron chi connectivity index (χ3n) is 3.92. The molecule has 0 amide bonds. The van der Waals surface area contributed by atoms with Crippen LogP contribution in [0.3, 0.4) is 0 Å². The Morgan fingerprint density at radius 2 is 2.20 bits per heavy atom. The lowest BCUT2D eigenvalue weighted by Gasteiger charge is -2.25. The van der Waals surface area contributed by atoms with Gasteiger partial charge in [-0.05, 0) is 37.5 Å². The molecule has 5 heteroatoms. The Labute approximate surface area is 120 Å². The van der Waals surface area contributed by atoms with Crippen LogP contribution < -0.4 is 15.9 Å². The van der Waals surface area contributed by atoms with E-state index in [1.165, 1.54) is 11.1 Å². The quantitative estimate of drug-likeness (QED) is 0.850. The van der Waals surface area contributed by atoms with Gasteiger partial charge in [0, 0.05) is 12.0 Å². The molecule has 1 atom stereocenters. The van der Waals surface area contributed by atoms with Gasteiger partial charge in [-0.2, -0.15) is 0 Å². The minimum absolute atomic E-state index is 0.0889. The molecular weight excluding hydrogens is 253 g/mol. The van der Waals surface area contributed by atoms with Crippen LogP contribution in [0.25, 0.3) is 0 Å². The van der Waals surface area contributed by atoms with Gasteiger partial charge in [0.25, 0.3) is 0 Å². The maximum Gasteiger partial charge on any atom is 0.499 e. The first kappa shape index (κ1) is 13.9. The number of hydrogen-bond donors (Lipinski definition) is 1. The lowest BCUT2D eigenvalue weighted by molar-refractivity contribution is 0.0281. The van der Waals surface area contributed by atoms with E-state index in [1.807, 2.05) is 19.9 Å². The highest BCUT2D eigenvalue weighted by Crippen LogP contribution is 2.35. The molecular formula is C15H22BNO3. The summed E-state index contributed by atoms with van der Waals surface area (Å²) < 4.78 is 18.1. The van der Waals surface area contributed by atoms with E-state index in [4.69, 9.17) is 19.8 Å². The minimum atomic E-state index is -0.366. The molecule has 1 aromatic rings. The number of rotatable bonds is 3. The first-order valence-corrected chi connectivity index (χ1v) is 7.37. The summed E-state index contributed by atoms with van der Waals surface area (Å²) in [5.41, 5.74) is 9.06. The highest BCUT2D eigenvalue weighted by Gasteiger charge is 2.46. The van der Waals surface area contributed by atoms with E-state index in [2.05, 4.69) is 13.0 Å². The van der Waals surface area contributed by atoms with Crippen LogP contribution in [0.5, 0.6) is 5.75 Å². The molecule has 2 N–H and O–H groups in total. The van der Waals surface area contributed by atoms with Gasteiger partial charge in [-0.25, -0.2) is 0 Å². The molecule has 3 rings (SSSR count). The van der Waals surface area contributed by atoms with Crippen LogP contribution in [0, 0.1) is 0 Å². The van der Waals surface area contributed by atoms with Crippen molar-refractivity contribution in [1.82, 2.24) is 0 Å². The zero-order valence-electron chi connectivity index (χ0n) is 12.4. The largest absolute Gasteiger partial charge is 0.499 e. The molecule has 0 unspecified atom stereocenters. The molecule has 20 heavy (non-hydrogen) atoms. The van der Waals surface area contributed by atoms with E-state index in [0.717, 1.165) is 24.1 Å². The van der Waals surface area contributed by atoms with E-state index in [9.17, 15) is 0 Å². The Hall–Kier alpha value is -1.04. The summed E-state index contributed by atoms with van der Waals surface area (Å²) in [6.07, 6.45) is 2.04. The fourth-order valence-electron chi connectivity index (χ4n) is 3.02. The Balaban J connectivity index is 2.10. The number of nitrogens with two attached hydrogens (primary N) is 1. The van der Waals surface area contributed by atoms with Crippen molar-refractivity contribution < 1.29 is 14.0 Å². The van der Waals surface area contributed by atoms with Gasteiger partial charge in [-0.1, -0.05) is 19.4 Å². The van der Waals surface area contributed by atoms with E-state index in [1.54, 1.807) is 0 Å². The van der Waals surface area contributed by atoms with Crippen molar-refractivity contribution in [2.45, 2.75) is 45.3 Å². The molecule has 0 fully saturated rings. The minimum Gasteiger partial charge on any atom is -0.491 e. The fraction of sp³-hybridized carbons (Fsp3) is 0.600. The summed E-state index contributed by atoms with van der Waals surface area (Å²) >= 11 is 0. The third kappa shape index (κ3) is 2.24. The summed E-state index contributed by atoms with van der Waals surface area (Å²) in [5.74, 6) is 0.881. The fourth-order valence-corrected chi connectivity index (χ4v) is 3.02. The maximum absolute atomic E-state index is 6.09. The zero-order valence-corrected chi connectivity index (χ0v) is 12.4. The zero-order chi connectivity index (χ0) is 14.3. The smallest absolute Gasteiger partial charge is 0.491 e. The van der Waals surface area contributed by atoms with Crippen molar-refractivity contribution in [3.63, 3.8) is 0 Å². The summed E-state index contributed by atoms with van der Waals surface area (Å²) in [6.45, 7) is 7.21. The molecule has 2 aliphatic heterocycles. The molecule has 108 valence electrons. The monoisotopic (exact) mass is 275 g/mol. The Morgan fingerprint density at radius 1 is 1.40 bits per heavy atom. The molecule has 0 bridgehead atoms. The normalized spacial score (nSPS) is 23.2. The van der Waals surface area contributed by atoms with Crippen LogP contribution in [0.4, 0.5) is 0 Å². The van der Waals surface area contributed by atoms with Crippen LogP contribution in [0.15, 0.2) is 12.1 Å². The van der Waals surface area contributed by atoms with Crippen molar-refractivity contribution >= 4 is 12.6 Å². The molecule has 0 aliphatic carbocycles. The van der Waals surface area contributed by atoms with Crippen LogP contribution in [0.1, 0.15) is 44.4 Å². The third-order valence-corrected chi connectivity index (χ3v) is 3.92. The molecule has 0 aromatic heterocycles. The van der Waals surface area contributed by atoms with Gasteiger partial charge in [-0.3, -0.25) is 0 Å². The molecule has 0 saturated carbocycles. The lowest BCUT2D eigenvalue weighted by atomic mass is 9.75. The first-order valence-electron chi connectivity index (χ1n) is 7.37. The van der Waals surface area contributed by atoms with Crippen molar-refractivity contribution in [3.8, 4) is 5.75 Å². The second kappa shape index (κ2) is 5.06. The maximum atomic E-state index is 6.09. The van der Waals surface area contributed by atoms with Crippen LogP contribution >= 0.6 is 0 Å². The Bertz CT molecular complexity index is 518. The molecule has 0 saturated heterocycles. The predicted octanol–water partition coefficient (Wildman–Crippen LogP) is 1.55. The lowest BCUT2D eigenvalue weighted by Crippen LogP contribution is -2.40. The number of aryl methyl sites for hydroxylation is 1. The first-order chi connectivity index (χ1) is 9.55. The average Bonchev–Trinajstić information content (AvgIpc) is 2.70. The summed E-state index contributed by atoms with van der Waals surface area (Å²) in [6, 6.07) is 4.19. The molecule has 1 aromatic carbocycles. The number of ether oxygens (including phenoxy) is 1. The van der Waals surface area contributed by atoms with Crippen molar-refractivity contribution in [1.29, 1.82) is 0 Å². The second-order valence-corrected chi connectivity index (χ2v) is 6.16. The summed E-state index contributed by atoms with van der Waals surface area (Å²) in [4.78, 5) is 0. The van der Waals surface area contributed by atoms with Gasteiger partial charge in [0.2, 0.25) is 0 Å². The van der Waals surface area contributed by atoms with Crippen molar-refractivity contribution in [2.75, 3.05) is 13.2 Å². The van der Waals surface area contributed by atoms with Crippen LogP contribution in [-0.4, -0.2) is 25.9 Å². The van der Waals surface area contributed by atoms with Gasteiger partial charge >= 0.3 is 7.12 Å². The SMILES string of the molecule is CCCc1ccc2c3c1[C@@H](CN)OB3OC(C)(C)CO2. The molecule has 2 heterocycles.